The van der Waals surface area contributed by atoms with Gasteiger partial charge in [-0.2, -0.15) is 0 Å². The monoisotopic (exact) mass is 258 g/mol. The van der Waals surface area contributed by atoms with Gasteiger partial charge in [-0.1, -0.05) is 12.1 Å². The summed E-state index contributed by atoms with van der Waals surface area (Å²) in [6, 6.07) is 9.62. The number of hydrogen-bond acceptors (Lipinski definition) is 3. The lowest BCUT2D eigenvalue weighted by molar-refractivity contribution is 0.416. The maximum absolute atomic E-state index is 12.3. The summed E-state index contributed by atoms with van der Waals surface area (Å²) >= 11 is 0. The number of nitrogens with zero attached hydrogens (tertiary/aromatic N) is 1. The van der Waals surface area contributed by atoms with Gasteiger partial charge in [-0.05, 0) is 30.7 Å². The van der Waals surface area contributed by atoms with Crippen molar-refractivity contribution in [3.05, 3.63) is 51.8 Å². The maximum atomic E-state index is 12.3. The highest BCUT2D eigenvalue weighted by molar-refractivity contribution is 5.68. The molecule has 1 aromatic carbocycles. The van der Waals surface area contributed by atoms with Crippen LogP contribution in [0, 0.1) is 6.92 Å². The van der Waals surface area contributed by atoms with Crippen LogP contribution in [0.15, 0.2) is 35.1 Å². The van der Waals surface area contributed by atoms with Crippen LogP contribution >= 0.6 is 0 Å². The number of methoxy groups -OCH3 is 1. The third-order valence-corrected chi connectivity index (χ3v) is 3.34. The molecule has 0 spiro atoms. The number of ether oxygens (including phenoxy) is 1. The van der Waals surface area contributed by atoms with E-state index in [1.54, 1.807) is 18.7 Å². The largest absolute Gasteiger partial charge is 0.496 e. The molecule has 0 unspecified atom stereocenters. The average molecular weight is 258 g/mol. The zero-order valence-corrected chi connectivity index (χ0v) is 11.4. The Kier molecular flexibility index (Phi) is 3.71. The van der Waals surface area contributed by atoms with Crippen LogP contribution in [0.3, 0.4) is 0 Å². The summed E-state index contributed by atoms with van der Waals surface area (Å²) in [6.07, 6.45) is 0. The number of hydrogen-bond donors (Lipinski definition) is 1. The highest BCUT2D eigenvalue weighted by Crippen LogP contribution is 2.29. The van der Waals surface area contributed by atoms with Gasteiger partial charge < -0.3 is 15.0 Å². The first-order valence-corrected chi connectivity index (χ1v) is 6.13. The van der Waals surface area contributed by atoms with Gasteiger partial charge in [0.05, 0.1) is 12.8 Å². The molecule has 2 N–H and O–H groups in total. The lowest BCUT2D eigenvalue weighted by Crippen LogP contribution is -2.25. The molecule has 0 aliphatic carbocycles. The van der Waals surface area contributed by atoms with Crippen LogP contribution in [0.2, 0.25) is 0 Å². The second kappa shape index (κ2) is 5.28. The Morgan fingerprint density at radius 1 is 1.32 bits per heavy atom. The van der Waals surface area contributed by atoms with Crippen LogP contribution in [0.1, 0.15) is 11.1 Å². The lowest BCUT2D eigenvalue weighted by Gasteiger charge is -2.15. The molecule has 0 saturated carbocycles. The number of nitrogens with two attached hydrogens (primary N) is 1. The molecule has 4 nitrogen and oxygen atoms in total. The van der Waals surface area contributed by atoms with E-state index in [2.05, 4.69) is 0 Å². The Bertz CT molecular complexity index is 660. The highest BCUT2D eigenvalue weighted by atomic mass is 16.5. The number of pyridine rings is 1. The van der Waals surface area contributed by atoms with Gasteiger partial charge in [0, 0.05) is 24.7 Å². The van der Waals surface area contributed by atoms with Crippen molar-refractivity contribution >= 4 is 0 Å². The van der Waals surface area contributed by atoms with Crippen molar-refractivity contribution in [2.75, 3.05) is 7.11 Å². The lowest BCUT2D eigenvalue weighted by atomic mass is 10.0. The molecule has 100 valence electrons. The number of aromatic nitrogens is 1. The van der Waals surface area contributed by atoms with Gasteiger partial charge in [0.15, 0.2) is 0 Å². The number of rotatable bonds is 3. The third-order valence-electron chi connectivity index (χ3n) is 3.34. The molecule has 0 aliphatic rings. The molecule has 1 aromatic heterocycles. The van der Waals surface area contributed by atoms with E-state index in [1.807, 2.05) is 37.3 Å². The first kappa shape index (κ1) is 13.4. The molecule has 0 atom stereocenters. The second-order valence-electron chi connectivity index (χ2n) is 4.46. The summed E-state index contributed by atoms with van der Waals surface area (Å²) < 4.78 is 6.97. The molecular weight excluding hydrogens is 240 g/mol. The summed E-state index contributed by atoms with van der Waals surface area (Å²) in [7, 11) is 3.38. The SMILES string of the molecule is COc1ccccc1-c1cc(C)c(CN)c(=O)n1C. The molecule has 2 rings (SSSR count). The average Bonchev–Trinajstić information content (AvgIpc) is 2.43. The first-order valence-electron chi connectivity index (χ1n) is 6.13. The van der Waals surface area contributed by atoms with E-state index in [1.165, 1.54) is 0 Å². The van der Waals surface area contributed by atoms with Crippen LogP contribution in [0.25, 0.3) is 11.3 Å². The molecule has 0 fully saturated rings. The van der Waals surface area contributed by atoms with E-state index in [0.29, 0.717) is 5.56 Å². The van der Waals surface area contributed by atoms with Gasteiger partial charge in [0.2, 0.25) is 0 Å². The van der Waals surface area contributed by atoms with E-state index in [-0.39, 0.29) is 12.1 Å². The minimum Gasteiger partial charge on any atom is -0.496 e. The fourth-order valence-electron chi connectivity index (χ4n) is 2.23. The molecule has 0 radical (unpaired) electrons. The van der Waals surface area contributed by atoms with E-state index in [9.17, 15) is 4.79 Å². The van der Waals surface area contributed by atoms with Crippen molar-refractivity contribution in [3.8, 4) is 17.0 Å². The zero-order valence-electron chi connectivity index (χ0n) is 11.4. The van der Waals surface area contributed by atoms with Gasteiger partial charge in [-0.15, -0.1) is 0 Å². The minimum atomic E-state index is -0.0524. The fourth-order valence-corrected chi connectivity index (χ4v) is 2.23. The molecular formula is C15H18N2O2. The highest BCUT2D eigenvalue weighted by Gasteiger charge is 2.13. The Balaban J connectivity index is 2.74. The third kappa shape index (κ3) is 2.27. The Hall–Kier alpha value is -2.07. The zero-order chi connectivity index (χ0) is 14.0. The van der Waals surface area contributed by atoms with Crippen LogP contribution in [0.5, 0.6) is 5.75 Å². The van der Waals surface area contributed by atoms with Gasteiger partial charge in [-0.25, -0.2) is 0 Å². The van der Waals surface area contributed by atoms with Crippen molar-refractivity contribution in [1.29, 1.82) is 0 Å². The van der Waals surface area contributed by atoms with E-state index < -0.39 is 0 Å². The minimum absolute atomic E-state index is 0.0524. The van der Waals surface area contributed by atoms with E-state index >= 15 is 0 Å². The predicted molar refractivity (Wildman–Crippen MR) is 76.3 cm³/mol. The summed E-state index contributed by atoms with van der Waals surface area (Å²) in [5.74, 6) is 0.748. The van der Waals surface area contributed by atoms with Crippen molar-refractivity contribution in [3.63, 3.8) is 0 Å². The van der Waals surface area contributed by atoms with Gasteiger partial charge >= 0.3 is 0 Å². The van der Waals surface area contributed by atoms with Crippen molar-refractivity contribution in [1.82, 2.24) is 4.57 Å². The molecule has 19 heavy (non-hydrogen) atoms. The van der Waals surface area contributed by atoms with E-state index in [0.717, 1.165) is 22.6 Å². The summed E-state index contributed by atoms with van der Waals surface area (Å²) in [6.45, 7) is 2.16. The molecule has 4 heteroatoms. The fraction of sp³-hybridized carbons (Fsp3) is 0.267. The number of para-hydroxylation sites is 1. The Morgan fingerprint density at radius 3 is 2.63 bits per heavy atom. The maximum Gasteiger partial charge on any atom is 0.255 e. The number of aryl methyl sites for hydroxylation is 1. The second-order valence-corrected chi connectivity index (χ2v) is 4.46. The van der Waals surface area contributed by atoms with Crippen LogP contribution in [-0.4, -0.2) is 11.7 Å². The van der Waals surface area contributed by atoms with E-state index in [4.69, 9.17) is 10.5 Å². The summed E-state index contributed by atoms with van der Waals surface area (Å²) in [5, 5.41) is 0. The standard InChI is InChI=1S/C15H18N2O2/c1-10-8-13(17(2)15(18)12(10)9-16)11-6-4-5-7-14(11)19-3/h4-8H,9,16H2,1-3H3. The molecule has 0 bridgehead atoms. The Morgan fingerprint density at radius 2 is 2.00 bits per heavy atom. The molecule has 0 amide bonds. The van der Waals surface area contributed by atoms with Gasteiger partial charge in [0.1, 0.15) is 5.75 Å². The first-order chi connectivity index (χ1) is 9.10. The van der Waals surface area contributed by atoms with Gasteiger partial charge in [-0.3, -0.25) is 4.79 Å². The van der Waals surface area contributed by atoms with Gasteiger partial charge in [0.25, 0.3) is 5.56 Å². The Labute approximate surface area is 112 Å². The van der Waals surface area contributed by atoms with Crippen LogP contribution in [0.4, 0.5) is 0 Å². The number of benzene rings is 1. The molecule has 0 saturated heterocycles. The quantitative estimate of drug-likeness (QED) is 0.913. The van der Waals surface area contributed by atoms with Crippen molar-refractivity contribution < 1.29 is 4.74 Å². The summed E-state index contributed by atoms with van der Waals surface area (Å²) in [4.78, 5) is 12.3. The molecule has 2 aromatic rings. The van der Waals surface area contributed by atoms with Crippen LogP contribution in [-0.2, 0) is 13.6 Å². The predicted octanol–water partition coefficient (Wildman–Crippen LogP) is 1.83. The molecule has 0 aliphatic heterocycles. The summed E-state index contributed by atoms with van der Waals surface area (Å²) in [5.41, 5.74) is 8.87. The van der Waals surface area contributed by atoms with Crippen molar-refractivity contribution in [2.45, 2.75) is 13.5 Å². The van der Waals surface area contributed by atoms with Crippen molar-refractivity contribution in [2.24, 2.45) is 12.8 Å². The van der Waals surface area contributed by atoms with Crippen LogP contribution < -0.4 is 16.0 Å². The molecule has 1 heterocycles. The topological polar surface area (TPSA) is 57.2 Å². The normalized spacial score (nSPS) is 10.5. The smallest absolute Gasteiger partial charge is 0.255 e.